The molecule has 3 rings (SSSR count). The van der Waals surface area contributed by atoms with Crippen LogP contribution < -0.4 is 11.5 Å². The van der Waals surface area contributed by atoms with E-state index in [0.29, 0.717) is 13.0 Å². The quantitative estimate of drug-likeness (QED) is 0.442. The Balaban J connectivity index is 0.000000448. The first-order chi connectivity index (χ1) is 11.8. The Labute approximate surface area is 146 Å². The molecule has 1 atom stereocenters. The maximum absolute atomic E-state index is 11.2. The highest BCUT2D eigenvalue weighted by Crippen LogP contribution is 2.01. The van der Waals surface area contributed by atoms with Crippen molar-refractivity contribution < 1.29 is 9.90 Å². The van der Waals surface area contributed by atoms with Crippen molar-refractivity contribution in [2.75, 3.05) is 6.54 Å². The van der Waals surface area contributed by atoms with E-state index in [4.69, 9.17) is 5.11 Å². The third-order valence-corrected chi connectivity index (χ3v) is 3.32. The number of carboxylic acids is 1. The summed E-state index contributed by atoms with van der Waals surface area (Å²) in [7, 11) is 0. The number of hydrogen-bond donors (Lipinski definition) is 5. The van der Waals surface area contributed by atoms with Gasteiger partial charge in [0.15, 0.2) is 0 Å². The molecule has 0 amide bonds. The SMILES string of the molecule is N.O=C(O)C(Cc1c[nH]cn1)NCCc1ccccc1.c1c[nH]cn1. The van der Waals surface area contributed by atoms with Gasteiger partial charge in [-0.1, -0.05) is 30.3 Å². The number of nitrogens with zero attached hydrogens (tertiary/aromatic N) is 2. The number of aliphatic carboxylic acids is 1. The first kappa shape index (κ1) is 20.1. The predicted molar refractivity (Wildman–Crippen MR) is 95.5 cm³/mol. The van der Waals surface area contributed by atoms with Crippen LogP contribution in [0, 0.1) is 0 Å². The van der Waals surface area contributed by atoms with Gasteiger partial charge in [-0.25, -0.2) is 9.97 Å². The smallest absolute Gasteiger partial charge is 0.321 e. The summed E-state index contributed by atoms with van der Waals surface area (Å²) in [6.07, 6.45) is 9.55. The Morgan fingerprint density at radius 1 is 1.20 bits per heavy atom. The standard InChI is InChI=1S/C14H17N3O2.C3H4N2.H3N/c18-14(19)13(8-12-9-15-10-17-12)16-7-6-11-4-2-1-3-5-11;1-2-5-3-4-1;/h1-5,9-10,13,16H,6-8H2,(H,15,17)(H,18,19);1-3H,(H,4,5);1H3. The summed E-state index contributed by atoms with van der Waals surface area (Å²) < 4.78 is 0. The number of aromatic amines is 2. The lowest BCUT2D eigenvalue weighted by Gasteiger charge is -2.13. The molecule has 134 valence electrons. The van der Waals surface area contributed by atoms with Crippen molar-refractivity contribution in [1.29, 1.82) is 0 Å². The summed E-state index contributed by atoms with van der Waals surface area (Å²) >= 11 is 0. The molecule has 0 spiro atoms. The third-order valence-electron chi connectivity index (χ3n) is 3.32. The van der Waals surface area contributed by atoms with Gasteiger partial charge in [0.25, 0.3) is 0 Å². The Morgan fingerprint density at radius 2 is 2.00 bits per heavy atom. The van der Waals surface area contributed by atoms with E-state index >= 15 is 0 Å². The Hall–Kier alpha value is -2.97. The van der Waals surface area contributed by atoms with Crippen LogP contribution in [0.15, 0.2) is 61.6 Å². The zero-order valence-corrected chi connectivity index (χ0v) is 13.9. The lowest BCUT2D eigenvalue weighted by molar-refractivity contribution is -0.139. The third kappa shape index (κ3) is 7.91. The molecule has 0 bridgehead atoms. The second-order valence-corrected chi connectivity index (χ2v) is 5.11. The second kappa shape index (κ2) is 11.5. The number of carboxylic acid groups (broad SMARTS) is 1. The lowest BCUT2D eigenvalue weighted by atomic mass is 10.1. The topological polar surface area (TPSA) is 142 Å². The summed E-state index contributed by atoms with van der Waals surface area (Å²) in [5.41, 5.74) is 1.94. The van der Waals surface area contributed by atoms with Gasteiger partial charge in [-0.3, -0.25) is 4.79 Å². The molecule has 0 aliphatic rings. The monoisotopic (exact) mass is 344 g/mol. The van der Waals surface area contributed by atoms with Crippen molar-refractivity contribution >= 4 is 5.97 Å². The molecular formula is C17H24N6O2. The van der Waals surface area contributed by atoms with E-state index in [2.05, 4.69) is 25.3 Å². The number of benzene rings is 1. The summed E-state index contributed by atoms with van der Waals surface area (Å²) in [6.45, 7) is 0.630. The molecule has 0 saturated carbocycles. The average molecular weight is 344 g/mol. The number of rotatable bonds is 7. The fourth-order valence-corrected chi connectivity index (χ4v) is 2.11. The van der Waals surface area contributed by atoms with Gasteiger partial charge in [0.1, 0.15) is 6.04 Å². The molecule has 25 heavy (non-hydrogen) atoms. The zero-order valence-electron chi connectivity index (χ0n) is 13.9. The Bertz CT molecular complexity index is 653. The van der Waals surface area contributed by atoms with Crippen LogP contribution in [-0.4, -0.2) is 43.6 Å². The number of aromatic nitrogens is 4. The molecule has 8 nitrogen and oxygen atoms in total. The van der Waals surface area contributed by atoms with Gasteiger partial charge in [-0.2, -0.15) is 0 Å². The minimum Gasteiger partial charge on any atom is -0.480 e. The van der Waals surface area contributed by atoms with Crippen molar-refractivity contribution in [3.05, 3.63) is 72.8 Å². The van der Waals surface area contributed by atoms with Gasteiger partial charge in [0, 0.05) is 25.0 Å². The van der Waals surface area contributed by atoms with E-state index in [-0.39, 0.29) is 6.15 Å². The van der Waals surface area contributed by atoms with Gasteiger partial charge < -0.3 is 26.5 Å². The maximum atomic E-state index is 11.2. The molecule has 8 heteroatoms. The molecule has 0 fully saturated rings. The molecule has 3 aromatic rings. The number of imidazole rings is 2. The first-order valence-corrected chi connectivity index (χ1v) is 7.66. The number of H-pyrrole nitrogens is 2. The fraction of sp³-hybridized carbons (Fsp3) is 0.235. The van der Waals surface area contributed by atoms with E-state index < -0.39 is 12.0 Å². The highest BCUT2D eigenvalue weighted by molar-refractivity contribution is 5.73. The minimum atomic E-state index is -0.851. The highest BCUT2D eigenvalue weighted by atomic mass is 16.4. The first-order valence-electron chi connectivity index (χ1n) is 7.66. The molecule has 1 unspecified atom stereocenters. The second-order valence-electron chi connectivity index (χ2n) is 5.11. The van der Waals surface area contributed by atoms with Crippen LogP contribution in [0.1, 0.15) is 11.3 Å². The Kier molecular flexibility index (Phi) is 9.27. The zero-order chi connectivity index (χ0) is 17.0. The van der Waals surface area contributed by atoms with Gasteiger partial charge in [0.2, 0.25) is 0 Å². The van der Waals surface area contributed by atoms with Crippen LogP contribution in [0.2, 0.25) is 0 Å². The van der Waals surface area contributed by atoms with Crippen molar-refractivity contribution in [3.63, 3.8) is 0 Å². The van der Waals surface area contributed by atoms with Crippen molar-refractivity contribution in [2.45, 2.75) is 18.9 Å². The summed E-state index contributed by atoms with van der Waals surface area (Å²) in [6, 6.07) is 9.39. The number of carbonyl (C=O) groups is 1. The van der Waals surface area contributed by atoms with Gasteiger partial charge in [-0.15, -0.1) is 0 Å². The molecular weight excluding hydrogens is 320 g/mol. The van der Waals surface area contributed by atoms with Crippen LogP contribution in [0.4, 0.5) is 0 Å². The Morgan fingerprint density at radius 3 is 2.52 bits per heavy atom. The highest BCUT2D eigenvalue weighted by Gasteiger charge is 2.17. The lowest BCUT2D eigenvalue weighted by Crippen LogP contribution is -2.39. The molecule has 0 radical (unpaired) electrons. The van der Waals surface area contributed by atoms with Crippen LogP contribution >= 0.6 is 0 Å². The number of nitrogens with one attached hydrogen (secondary N) is 3. The summed E-state index contributed by atoms with van der Waals surface area (Å²) in [5.74, 6) is -0.851. The van der Waals surface area contributed by atoms with Crippen LogP contribution in [0.25, 0.3) is 0 Å². The molecule has 7 N–H and O–H groups in total. The van der Waals surface area contributed by atoms with Crippen molar-refractivity contribution in [1.82, 2.24) is 31.4 Å². The van der Waals surface area contributed by atoms with E-state index in [1.54, 1.807) is 31.2 Å². The van der Waals surface area contributed by atoms with Gasteiger partial charge in [0.05, 0.1) is 18.3 Å². The van der Waals surface area contributed by atoms with E-state index in [0.717, 1.165) is 12.1 Å². The van der Waals surface area contributed by atoms with E-state index in [1.807, 2.05) is 30.3 Å². The molecule has 2 heterocycles. The van der Waals surface area contributed by atoms with Crippen LogP contribution in [0.3, 0.4) is 0 Å². The molecule has 0 aliphatic heterocycles. The van der Waals surface area contributed by atoms with E-state index in [9.17, 15) is 4.79 Å². The average Bonchev–Trinajstić information content (AvgIpc) is 3.31. The van der Waals surface area contributed by atoms with Crippen molar-refractivity contribution in [2.24, 2.45) is 0 Å². The largest absolute Gasteiger partial charge is 0.480 e. The normalized spacial score (nSPS) is 10.9. The number of hydrogen-bond acceptors (Lipinski definition) is 5. The van der Waals surface area contributed by atoms with E-state index in [1.165, 1.54) is 5.56 Å². The van der Waals surface area contributed by atoms with Crippen LogP contribution in [0.5, 0.6) is 0 Å². The van der Waals surface area contributed by atoms with Gasteiger partial charge >= 0.3 is 5.97 Å². The van der Waals surface area contributed by atoms with Crippen molar-refractivity contribution in [3.8, 4) is 0 Å². The fourth-order valence-electron chi connectivity index (χ4n) is 2.11. The molecule has 0 aliphatic carbocycles. The predicted octanol–water partition coefficient (Wildman–Crippen LogP) is 1.81. The molecule has 2 aromatic heterocycles. The summed E-state index contributed by atoms with van der Waals surface area (Å²) in [4.78, 5) is 24.5. The molecule has 0 saturated heterocycles. The van der Waals surface area contributed by atoms with Gasteiger partial charge in [-0.05, 0) is 18.5 Å². The maximum Gasteiger partial charge on any atom is 0.321 e. The molecule has 1 aromatic carbocycles. The van der Waals surface area contributed by atoms with Crippen LogP contribution in [-0.2, 0) is 17.6 Å². The minimum absolute atomic E-state index is 0. The summed E-state index contributed by atoms with van der Waals surface area (Å²) in [5, 5.41) is 12.2.